The van der Waals surface area contributed by atoms with E-state index < -0.39 is 35.6 Å². The number of hydrogen-bond acceptors (Lipinski definition) is 7. The molecule has 3 heterocycles. The zero-order valence-electron chi connectivity index (χ0n) is 31.1. The van der Waals surface area contributed by atoms with Gasteiger partial charge in [-0.15, -0.1) is 0 Å². The Balaban J connectivity index is 1.03. The van der Waals surface area contributed by atoms with Crippen molar-refractivity contribution in [1.29, 1.82) is 0 Å². The minimum atomic E-state index is -1.21. The Kier molecular flexibility index (Phi) is 8.04. The monoisotopic (exact) mass is 788 g/mol. The van der Waals surface area contributed by atoms with Crippen LogP contribution in [-0.4, -0.2) is 50.3 Å². The first-order valence-corrected chi connectivity index (χ1v) is 18.7. The van der Waals surface area contributed by atoms with Gasteiger partial charge in [0.05, 0.1) is 55.8 Å². The Hall–Kier alpha value is -8.64. The van der Waals surface area contributed by atoms with E-state index in [-0.39, 0.29) is 44.8 Å². The van der Waals surface area contributed by atoms with Crippen molar-refractivity contribution in [3.8, 4) is 5.69 Å². The summed E-state index contributed by atoms with van der Waals surface area (Å²) in [6.07, 6.45) is 0. The molecule has 10 rings (SSSR count). The van der Waals surface area contributed by atoms with E-state index >= 15 is 0 Å². The second-order valence-corrected chi connectivity index (χ2v) is 14.3. The number of anilines is 5. The summed E-state index contributed by atoms with van der Waals surface area (Å²) in [6, 6.07) is 45.6. The average molecular weight is 789 g/mol. The maximum atomic E-state index is 13.5. The summed E-state index contributed by atoms with van der Waals surface area (Å²) in [5.41, 5.74) is 5.66. The minimum Gasteiger partial charge on any atom is -0.478 e. The molecule has 0 spiro atoms. The van der Waals surface area contributed by atoms with E-state index in [1.165, 1.54) is 36.4 Å². The van der Waals surface area contributed by atoms with Crippen LogP contribution in [0.3, 0.4) is 0 Å². The third-order valence-electron chi connectivity index (χ3n) is 10.9. The zero-order chi connectivity index (χ0) is 41.4. The number of aromatic carboxylic acids is 2. The Labute approximate surface area is 340 Å². The van der Waals surface area contributed by atoms with Crippen molar-refractivity contribution in [2.24, 2.45) is 0 Å². The maximum absolute atomic E-state index is 13.5. The molecule has 2 aliphatic rings. The molecular weight excluding hydrogens is 761 g/mol. The summed E-state index contributed by atoms with van der Waals surface area (Å²) in [6.45, 7) is 0. The van der Waals surface area contributed by atoms with E-state index in [1.54, 1.807) is 48.5 Å². The summed E-state index contributed by atoms with van der Waals surface area (Å²) < 4.78 is 2.20. The van der Waals surface area contributed by atoms with Crippen LogP contribution in [0.5, 0.6) is 0 Å². The van der Waals surface area contributed by atoms with Crippen LogP contribution in [0, 0.1) is 0 Å². The highest BCUT2D eigenvalue weighted by Gasteiger charge is 2.38. The molecule has 0 saturated carbocycles. The SMILES string of the molecule is O=C(O)c1ccc2c(c1)C(=O)N(c1ccc(N(c3ccc(N4C(=O)c5ccc(C(=O)O)cc5C4=O)cc3)c3ccc(-n4c5ccccc5c5ccccc54)cc3)cc1)C2=O. The number of imide groups is 2. The fraction of sp³-hybridized carbons (Fsp3) is 0. The highest BCUT2D eigenvalue weighted by molar-refractivity contribution is 6.35. The maximum Gasteiger partial charge on any atom is 0.335 e. The molecule has 2 aliphatic heterocycles. The molecule has 7 aromatic carbocycles. The normalized spacial score (nSPS) is 13.3. The molecule has 0 unspecified atom stereocenters. The lowest BCUT2D eigenvalue weighted by atomic mass is 10.1. The molecule has 8 aromatic rings. The van der Waals surface area contributed by atoms with Gasteiger partial charge in [-0.3, -0.25) is 19.2 Å². The van der Waals surface area contributed by atoms with Crippen molar-refractivity contribution in [2.45, 2.75) is 0 Å². The highest BCUT2D eigenvalue weighted by atomic mass is 16.4. The number of carbonyl (C=O) groups excluding carboxylic acids is 4. The third kappa shape index (κ3) is 5.46. The van der Waals surface area contributed by atoms with Gasteiger partial charge >= 0.3 is 11.9 Å². The predicted molar refractivity (Wildman–Crippen MR) is 225 cm³/mol. The summed E-state index contributed by atoms with van der Waals surface area (Å²) in [4.78, 5) is 80.9. The number of fused-ring (bicyclic) bond motifs is 5. The number of para-hydroxylation sites is 2. The molecule has 0 bridgehead atoms. The van der Waals surface area contributed by atoms with Gasteiger partial charge in [-0.1, -0.05) is 36.4 Å². The van der Waals surface area contributed by atoms with Gasteiger partial charge < -0.3 is 19.7 Å². The van der Waals surface area contributed by atoms with Gasteiger partial charge in [-0.2, -0.15) is 0 Å². The molecule has 0 radical (unpaired) electrons. The molecule has 288 valence electrons. The smallest absolute Gasteiger partial charge is 0.335 e. The van der Waals surface area contributed by atoms with Gasteiger partial charge in [-0.25, -0.2) is 19.4 Å². The van der Waals surface area contributed by atoms with Crippen LogP contribution in [-0.2, 0) is 0 Å². The van der Waals surface area contributed by atoms with Gasteiger partial charge in [0.1, 0.15) is 0 Å². The number of carbonyl (C=O) groups is 6. The fourth-order valence-electron chi connectivity index (χ4n) is 8.12. The molecule has 1 aromatic heterocycles. The second kappa shape index (κ2) is 13.5. The first-order valence-electron chi connectivity index (χ1n) is 18.7. The first-order chi connectivity index (χ1) is 29.1. The van der Waals surface area contributed by atoms with Crippen molar-refractivity contribution < 1.29 is 39.0 Å². The van der Waals surface area contributed by atoms with Crippen molar-refractivity contribution in [2.75, 3.05) is 14.7 Å². The van der Waals surface area contributed by atoms with Gasteiger partial charge in [0, 0.05) is 33.5 Å². The summed E-state index contributed by atoms with van der Waals surface area (Å²) in [7, 11) is 0. The van der Waals surface area contributed by atoms with Gasteiger partial charge in [0.15, 0.2) is 0 Å². The lowest BCUT2D eigenvalue weighted by molar-refractivity contribution is 0.0686. The number of nitrogens with zero attached hydrogens (tertiary/aromatic N) is 4. The molecule has 2 N–H and O–H groups in total. The quantitative estimate of drug-likeness (QED) is 0.143. The van der Waals surface area contributed by atoms with E-state index in [0.29, 0.717) is 11.4 Å². The lowest BCUT2D eigenvalue weighted by Gasteiger charge is -2.27. The molecular formula is C48H28N4O8. The van der Waals surface area contributed by atoms with Crippen LogP contribution >= 0.6 is 0 Å². The number of benzene rings is 7. The summed E-state index contributed by atoms with van der Waals surface area (Å²) in [5, 5.41) is 21.2. The number of carboxylic acid groups (broad SMARTS) is 2. The minimum absolute atomic E-state index is 0.00872. The Morgan fingerprint density at radius 3 is 1.13 bits per heavy atom. The topological polar surface area (TPSA) is 158 Å². The summed E-state index contributed by atoms with van der Waals surface area (Å²) >= 11 is 0. The van der Waals surface area contributed by atoms with Crippen molar-refractivity contribution in [1.82, 2.24) is 4.57 Å². The lowest BCUT2D eigenvalue weighted by Crippen LogP contribution is -2.29. The Bertz CT molecular complexity index is 3000. The third-order valence-corrected chi connectivity index (χ3v) is 10.9. The van der Waals surface area contributed by atoms with Crippen LogP contribution in [0.1, 0.15) is 62.1 Å². The van der Waals surface area contributed by atoms with E-state index in [9.17, 15) is 39.0 Å². The fourth-order valence-corrected chi connectivity index (χ4v) is 8.12. The Morgan fingerprint density at radius 1 is 0.400 bits per heavy atom. The van der Waals surface area contributed by atoms with E-state index in [1.807, 2.05) is 53.4 Å². The standard InChI is InChI=1S/C48H28N4O8/c53-43-37-23-9-27(47(57)58)25-39(37)45(55)51(43)33-19-13-30(14-20-33)49(29-11-17-32(18-12-29)50-41-7-3-1-5-35(41)36-6-2-4-8-42(36)50)31-15-21-34(22-16-31)52-44(54)38-24-10-28(48(59)60)26-40(38)46(52)56/h1-26H,(H,57,58)(H,59,60). The molecule has 0 saturated heterocycles. The average Bonchev–Trinajstić information content (AvgIpc) is 3.84. The number of hydrogen-bond donors (Lipinski definition) is 2. The number of aromatic nitrogens is 1. The number of amides is 4. The van der Waals surface area contributed by atoms with Crippen molar-refractivity contribution in [3.63, 3.8) is 0 Å². The van der Waals surface area contributed by atoms with Gasteiger partial charge in [0.2, 0.25) is 0 Å². The molecule has 0 fully saturated rings. The molecule has 4 amide bonds. The van der Waals surface area contributed by atoms with E-state index in [2.05, 4.69) is 28.8 Å². The largest absolute Gasteiger partial charge is 0.478 e. The van der Waals surface area contributed by atoms with E-state index in [4.69, 9.17) is 0 Å². The molecule has 0 atom stereocenters. The van der Waals surface area contributed by atoms with Crippen molar-refractivity contribution in [3.05, 3.63) is 191 Å². The second-order valence-electron chi connectivity index (χ2n) is 14.3. The molecule has 12 heteroatoms. The molecule has 12 nitrogen and oxygen atoms in total. The first kappa shape index (κ1) is 35.8. The summed E-state index contributed by atoms with van der Waals surface area (Å²) in [5.74, 6) is -4.83. The van der Waals surface area contributed by atoms with Crippen LogP contribution in [0.25, 0.3) is 27.5 Å². The molecule has 60 heavy (non-hydrogen) atoms. The van der Waals surface area contributed by atoms with Crippen molar-refractivity contribution >= 4 is 85.8 Å². The Morgan fingerprint density at radius 2 is 0.750 bits per heavy atom. The molecule has 0 aliphatic carbocycles. The van der Waals surface area contributed by atoms with Crippen LogP contribution < -0.4 is 14.7 Å². The zero-order valence-corrected chi connectivity index (χ0v) is 31.1. The van der Waals surface area contributed by atoms with Gasteiger partial charge in [0.25, 0.3) is 23.6 Å². The van der Waals surface area contributed by atoms with Crippen LogP contribution in [0.4, 0.5) is 28.4 Å². The van der Waals surface area contributed by atoms with Crippen LogP contribution in [0.2, 0.25) is 0 Å². The number of carboxylic acids is 2. The van der Waals surface area contributed by atoms with Gasteiger partial charge in [-0.05, 0) is 121 Å². The highest BCUT2D eigenvalue weighted by Crippen LogP contribution is 2.40. The van der Waals surface area contributed by atoms with E-state index in [0.717, 1.165) is 43.0 Å². The predicted octanol–water partition coefficient (Wildman–Crippen LogP) is 9.25. The van der Waals surface area contributed by atoms with Crippen LogP contribution in [0.15, 0.2) is 158 Å². The number of rotatable bonds is 8.